The SMILES string of the molecule is O[C@@H](CF)CCc1ccccc1. The molecule has 0 saturated heterocycles. The van der Waals surface area contributed by atoms with Crippen LogP contribution in [-0.2, 0) is 6.42 Å². The summed E-state index contributed by atoms with van der Waals surface area (Å²) < 4.78 is 11.8. The molecular weight excluding hydrogens is 155 g/mol. The Bertz CT molecular complexity index is 210. The molecule has 0 aliphatic heterocycles. The third-order valence-electron chi connectivity index (χ3n) is 1.79. The Morgan fingerprint density at radius 2 is 1.92 bits per heavy atom. The van der Waals surface area contributed by atoms with E-state index < -0.39 is 12.8 Å². The predicted molar refractivity (Wildman–Crippen MR) is 46.7 cm³/mol. The van der Waals surface area contributed by atoms with Gasteiger partial charge < -0.3 is 5.11 Å². The van der Waals surface area contributed by atoms with E-state index in [1.165, 1.54) is 0 Å². The van der Waals surface area contributed by atoms with Gasteiger partial charge >= 0.3 is 0 Å². The first-order valence-electron chi connectivity index (χ1n) is 4.11. The van der Waals surface area contributed by atoms with Gasteiger partial charge in [0.05, 0.1) is 6.10 Å². The van der Waals surface area contributed by atoms with E-state index in [2.05, 4.69) is 0 Å². The van der Waals surface area contributed by atoms with E-state index in [1.54, 1.807) is 0 Å². The normalized spacial score (nSPS) is 12.8. The van der Waals surface area contributed by atoms with Gasteiger partial charge in [-0.25, -0.2) is 4.39 Å². The predicted octanol–water partition coefficient (Wildman–Crippen LogP) is 1.95. The molecule has 0 amide bonds. The van der Waals surface area contributed by atoms with Gasteiger partial charge in [0.15, 0.2) is 0 Å². The van der Waals surface area contributed by atoms with Crippen molar-refractivity contribution in [3.63, 3.8) is 0 Å². The van der Waals surface area contributed by atoms with Crippen molar-refractivity contribution in [2.45, 2.75) is 18.9 Å². The molecule has 0 saturated carbocycles. The van der Waals surface area contributed by atoms with E-state index in [-0.39, 0.29) is 0 Å². The van der Waals surface area contributed by atoms with Crippen LogP contribution < -0.4 is 0 Å². The third-order valence-corrected chi connectivity index (χ3v) is 1.79. The largest absolute Gasteiger partial charge is 0.390 e. The summed E-state index contributed by atoms with van der Waals surface area (Å²) >= 11 is 0. The van der Waals surface area contributed by atoms with Crippen molar-refractivity contribution in [2.75, 3.05) is 6.67 Å². The highest BCUT2D eigenvalue weighted by Crippen LogP contribution is 2.04. The topological polar surface area (TPSA) is 20.2 Å². The Hall–Kier alpha value is -0.890. The van der Waals surface area contributed by atoms with Crippen LogP contribution in [0.1, 0.15) is 12.0 Å². The summed E-state index contributed by atoms with van der Waals surface area (Å²) in [7, 11) is 0. The lowest BCUT2D eigenvalue weighted by molar-refractivity contribution is 0.131. The molecule has 1 N–H and O–H groups in total. The quantitative estimate of drug-likeness (QED) is 0.728. The minimum Gasteiger partial charge on any atom is -0.390 e. The van der Waals surface area contributed by atoms with Crippen LogP contribution in [0.3, 0.4) is 0 Å². The summed E-state index contributed by atoms with van der Waals surface area (Å²) in [6.07, 6.45) is 0.442. The summed E-state index contributed by atoms with van der Waals surface area (Å²) in [5, 5.41) is 8.94. The maximum atomic E-state index is 11.8. The lowest BCUT2D eigenvalue weighted by Crippen LogP contribution is -2.09. The van der Waals surface area contributed by atoms with E-state index in [4.69, 9.17) is 5.11 Å². The summed E-state index contributed by atoms with van der Waals surface area (Å²) in [5.41, 5.74) is 1.14. The van der Waals surface area contributed by atoms with Gasteiger partial charge in [-0.15, -0.1) is 0 Å². The first-order chi connectivity index (χ1) is 5.83. The maximum absolute atomic E-state index is 11.8. The zero-order valence-corrected chi connectivity index (χ0v) is 6.91. The number of halogens is 1. The molecule has 66 valence electrons. The molecular formula is C10H13FO. The van der Waals surface area contributed by atoms with Crippen LogP contribution >= 0.6 is 0 Å². The van der Waals surface area contributed by atoms with Crippen molar-refractivity contribution in [1.82, 2.24) is 0 Å². The number of aliphatic hydroxyl groups is 1. The number of aryl methyl sites for hydroxylation is 1. The molecule has 1 rings (SSSR count). The number of benzene rings is 1. The molecule has 0 aromatic heterocycles. The van der Waals surface area contributed by atoms with Crippen molar-refractivity contribution in [3.8, 4) is 0 Å². The molecule has 0 unspecified atom stereocenters. The van der Waals surface area contributed by atoms with Crippen molar-refractivity contribution >= 4 is 0 Å². The highest BCUT2D eigenvalue weighted by Gasteiger charge is 2.02. The van der Waals surface area contributed by atoms with Gasteiger partial charge in [-0.3, -0.25) is 0 Å². The van der Waals surface area contributed by atoms with Gasteiger partial charge in [0, 0.05) is 0 Å². The van der Waals surface area contributed by atoms with Crippen LogP contribution in [0.4, 0.5) is 4.39 Å². The molecule has 12 heavy (non-hydrogen) atoms. The molecule has 0 spiro atoms. The first kappa shape index (κ1) is 9.20. The standard InChI is InChI=1S/C10H13FO/c11-8-10(12)7-6-9-4-2-1-3-5-9/h1-5,10,12H,6-8H2/t10-/m1/s1. The highest BCUT2D eigenvalue weighted by atomic mass is 19.1. The maximum Gasteiger partial charge on any atom is 0.115 e. The number of hydrogen-bond acceptors (Lipinski definition) is 1. The number of hydrogen-bond donors (Lipinski definition) is 1. The number of rotatable bonds is 4. The Labute approximate surface area is 71.9 Å². The molecule has 0 fully saturated rings. The van der Waals surface area contributed by atoms with Crippen molar-refractivity contribution < 1.29 is 9.50 Å². The lowest BCUT2D eigenvalue weighted by Gasteiger charge is -2.04. The smallest absolute Gasteiger partial charge is 0.115 e. The summed E-state index contributed by atoms with van der Waals surface area (Å²) in [5.74, 6) is 0. The zero-order valence-electron chi connectivity index (χ0n) is 6.91. The Morgan fingerprint density at radius 3 is 2.50 bits per heavy atom. The second-order valence-electron chi connectivity index (χ2n) is 2.83. The van der Waals surface area contributed by atoms with Crippen LogP contribution in [0.2, 0.25) is 0 Å². The molecule has 0 bridgehead atoms. The fraction of sp³-hybridized carbons (Fsp3) is 0.400. The minimum absolute atomic E-state index is 0.501. The van der Waals surface area contributed by atoms with Crippen LogP contribution in [0, 0.1) is 0 Å². The van der Waals surface area contributed by atoms with Gasteiger partial charge in [0.2, 0.25) is 0 Å². The van der Waals surface area contributed by atoms with Gasteiger partial charge in [0.25, 0.3) is 0 Å². The molecule has 0 aliphatic rings. The van der Waals surface area contributed by atoms with Crippen LogP contribution in [-0.4, -0.2) is 17.9 Å². The molecule has 1 aromatic carbocycles. The second-order valence-corrected chi connectivity index (χ2v) is 2.83. The van der Waals surface area contributed by atoms with E-state index in [1.807, 2.05) is 30.3 Å². The van der Waals surface area contributed by atoms with E-state index in [0.29, 0.717) is 6.42 Å². The molecule has 1 nitrogen and oxygen atoms in total. The third kappa shape index (κ3) is 3.01. The van der Waals surface area contributed by atoms with Crippen molar-refractivity contribution in [2.24, 2.45) is 0 Å². The fourth-order valence-corrected chi connectivity index (χ4v) is 1.06. The monoisotopic (exact) mass is 168 g/mol. The van der Waals surface area contributed by atoms with Crippen LogP contribution in [0.25, 0.3) is 0 Å². The molecule has 1 atom stereocenters. The van der Waals surface area contributed by atoms with Gasteiger partial charge in [0.1, 0.15) is 6.67 Å². The lowest BCUT2D eigenvalue weighted by atomic mass is 10.1. The van der Waals surface area contributed by atoms with Crippen LogP contribution in [0.15, 0.2) is 30.3 Å². The van der Waals surface area contributed by atoms with E-state index in [0.717, 1.165) is 12.0 Å². The average molecular weight is 168 g/mol. The summed E-state index contributed by atoms with van der Waals surface area (Å²) in [4.78, 5) is 0. The first-order valence-corrected chi connectivity index (χ1v) is 4.11. The molecule has 2 heteroatoms. The zero-order chi connectivity index (χ0) is 8.81. The Kier molecular flexibility index (Phi) is 3.74. The second kappa shape index (κ2) is 4.88. The number of aliphatic hydroxyl groups excluding tert-OH is 1. The molecule has 0 heterocycles. The Balaban J connectivity index is 2.33. The Morgan fingerprint density at radius 1 is 1.25 bits per heavy atom. The molecule has 0 radical (unpaired) electrons. The fourth-order valence-electron chi connectivity index (χ4n) is 1.06. The van der Waals surface area contributed by atoms with E-state index >= 15 is 0 Å². The van der Waals surface area contributed by atoms with Gasteiger partial charge in [-0.2, -0.15) is 0 Å². The van der Waals surface area contributed by atoms with E-state index in [9.17, 15) is 4.39 Å². The molecule has 0 aliphatic carbocycles. The van der Waals surface area contributed by atoms with Gasteiger partial charge in [-0.1, -0.05) is 30.3 Å². The van der Waals surface area contributed by atoms with Crippen LogP contribution in [0.5, 0.6) is 0 Å². The summed E-state index contributed by atoms with van der Waals surface area (Å²) in [6, 6.07) is 9.78. The van der Waals surface area contributed by atoms with Crippen molar-refractivity contribution in [1.29, 1.82) is 0 Å². The van der Waals surface area contributed by atoms with Crippen molar-refractivity contribution in [3.05, 3.63) is 35.9 Å². The summed E-state index contributed by atoms with van der Waals surface area (Å²) in [6.45, 7) is -0.646. The molecule has 1 aromatic rings. The minimum atomic E-state index is -0.801. The van der Waals surface area contributed by atoms with Gasteiger partial charge in [-0.05, 0) is 18.4 Å². The highest BCUT2D eigenvalue weighted by molar-refractivity contribution is 5.14. The number of alkyl halides is 1. The average Bonchev–Trinajstić information content (AvgIpc) is 2.16.